The van der Waals surface area contributed by atoms with Crippen molar-refractivity contribution >= 4 is 39.5 Å². The van der Waals surface area contributed by atoms with E-state index in [9.17, 15) is 9.59 Å². The Morgan fingerprint density at radius 3 is 2.56 bits per heavy atom. The van der Waals surface area contributed by atoms with Gasteiger partial charge in [-0.05, 0) is 19.1 Å². The molecule has 1 N–H and O–H groups in total. The van der Waals surface area contributed by atoms with Crippen LogP contribution < -0.4 is 4.74 Å². The fraction of sp³-hybridized carbons (Fsp3) is 0.200. The predicted octanol–water partition coefficient (Wildman–Crippen LogP) is 2.73. The number of rotatable bonds is 3. The highest BCUT2D eigenvalue weighted by atomic mass is 79.9. The number of aromatic carboxylic acids is 1. The molecule has 16 heavy (non-hydrogen) atoms. The van der Waals surface area contributed by atoms with E-state index >= 15 is 0 Å². The van der Waals surface area contributed by atoms with E-state index in [1.54, 1.807) is 6.92 Å². The topological polar surface area (TPSA) is 63.6 Å². The van der Waals surface area contributed by atoms with Crippen molar-refractivity contribution in [1.82, 2.24) is 0 Å². The quantitative estimate of drug-likeness (QED) is 0.530. The Hall–Kier alpha value is -1.07. The lowest BCUT2D eigenvalue weighted by Gasteiger charge is -2.06. The Bertz CT molecular complexity index is 431. The molecule has 0 fully saturated rings. The van der Waals surface area contributed by atoms with Gasteiger partial charge in [0.1, 0.15) is 10.6 Å². The van der Waals surface area contributed by atoms with Crippen molar-refractivity contribution in [2.45, 2.75) is 11.8 Å². The van der Waals surface area contributed by atoms with Crippen LogP contribution in [0.4, 0.5) is 0 Å². The van der Waals surface area contributed by atoms with E-state index in [2.05, 4.69) is 15.9 Å². The molecule has 0 aromatic heterocycles. The second-order valence-electron chi connectivity index (χ2n) is 2.98. The minimum Gasteiger partial charge on any atom is -0.478 e. The Labute approximate surface area is 105 Å². The predicted molar refractivity (Wildman–Crippen MR) is 62.4 cm³/mol. The van der Waals surface area contributed by atoms with Crippen LogP contribution in [0.15, 0.2) is 18.2 Å². The van der Waals surface area contributed by atoms with Gasteiger partial charge in [0.05, 0.1) is 10.6 Å². The lowest BCUT2D eigenvalue weighted by Crippen LogP contribution is -2.17. The van der Waals surface area contributed by atoms with Crippen LogP contribution in [-0.4, -0.2) is 21.9 Å². The third kappa shape index (κ3) is 3.21. The summed E-state index contributed by atoms with van der Waals surface area (Å²) < 4.78 is 4.93. The first-order valence-corrected chi connectivity index (χ1v) is 5.60. The van der Waals surface area contributed by atoms with Crippen LogP contribution in [0.5, 0.6) is 5.75 Å². The van der Waals surface area contributed by atoms with E-state index in [1.165, 1.54) is 18.2 Å². The van der Waals surface area contributed by atoms with E-state index in [4.69, 9.17) is 21.4 Å². The molecule has 0 aliphatic carbocycles. The first kappa shape index (κ1) is 13.0. The van der Waals surface area contributed by atoms with Gasteiger partial charge < -0.3 is 9.84 Å². The van der Waals surface area contributed by atoms with Crippen LogP contribution in [0.2, 0.25) is 5.02 Å². The molecule has 0 aliphatic heterocycles. The Balaban J connectivity index is 2.90. The molecular formula is C10H8BrClO4. The zero-order valence-electron chi connectivity index (χ0n) is 8.24. The minimum absolute atomic E-state index is 0.0278. The number of hydrogen-bond acceptors (Lipinski definition) is 3. The molecule has 1 aromatic rings. The van der Waals surface area contributed by atoms with Gasteiger partial charge in [-0.1, -0.05) is 27.5 Å². The Morgan fingerprint density at radius 1 is 1.50 bits per heavy atom. The smallest absolute Gasteiger partial charge is 0.337 e. The maximum Gasteiger partial charge on any atom is 0.337 e. The maximum atomic E-state index is 11.2. The summed E-state index contributed by atoms with van der Waals surface area (Å²) in [5.41, 5.74) is -0.0339. The van der Waals surface area contributed by atoms with Crippen molar-refractivity contribution in [1.29, 1.82) is 0 Å². The van der Waals surface area contributed by atoms with E-state index in [0.29, 0.717) is 0 Å². The van der Waals surface area contributed by atoms with Crippen molar-refractivity contribution in [3.8, 4) is 5.75 Å². The first-order chi connectivity index (χ1) is 7.41. The Morgan fingerprint density at radius 2 is 2.12 bits per heavy atom. The van der Waals surface area contributed by atoms with Crippen molar-refractivity contribution in [2.75, 3.05) is 0 Å². The van der Waals surface area contributed by atoms with Gasteiger partial charge in [0.2, 0.25) is 0 Å². The van der Waals surface area contributed by atoms with Gasteiger partial charge in [0.15, 0.2) is 0 Å². The van der Waals surface area contributed by atoms with Crippen molar-refractivity contribution < 1.29 is 19.4 Å². The summed E-state index contributed by atoms with van der Waals surface area (Å²) in [5.74, 6) is -1.39. The molecule has 86 valence electrons. The average Bonchev–Trinajstić information content (AvgIpc) is 2.16. The molecule has 0 saturated heterocycles. The number of carboxylic acid groups (broad SMARTS) is 1. The second kappa shape index (κ2) is 5.32. The highest BCUT2D eigenvalue weighted by Crippen LogP contribution is 2.23. The van der Waals surface area contributed by atoms with Gasteiger partial charge in [0, 0.05) is 6.07 Å². The number of benzene rings is 1. The highest BCUT2D eigenvalue weighted by molar-refractivity contribution is 9.10. The van der Waals surface area contributed by atoms with Crippen LogP contribution in [0, 0.1) is 0 Å². The normalized spacial score (nSPS) is 11.9. The zero-order chi connectivity index (χ0) is 12.3. The summed E-state index contributed by atoms with van der Waals surface area (Å²) >= 11 is 8.76. The number of halogens is 2. The van der Waals surface area contributed by atoms with Gasteiger partial charge in [-0.2, -0.15) is 0 Å². The number of ether oxygens (including phenoxy) is 1. The summed E-state index contributed by atoms with van der Waals surface area (Å²) in [7, 11) is 0. The molecule has 0 spiro atoms. The van der Waals surface area contributed by atoms with Crippen LogP contribution in [0.25, 0.3) is 0 Å². The van der Waals surface area contributed by atoms with E-state index in [-0.39, 0.29) is 16.3 Å². The van der Waals surface area contributed by atoms with Gasteiger partial charge in [0.25, 0.3) is 0 Å². The fourth-order valence-electron chi connectivity index (χ4n) is 0.930. The maximum absolute atomic E-state index is 11.2. The summed E-state index contributed by atoms with van der Waals surface area (Å²) in [6.07, 6.45) is 0. The third-order valence-electron chi connectivity index (χ3n) is 1.71. The number of carbonyl (C=O) groups is 2. The molecule has 0 aliphatic rings. The van der Waals surface area contributed by atoms with Crippen LogP contribution in [-0.2, 0) is 4.79 Å². The van der Waals surface area contributed by atoms with Crippen molar-refractivity contribution in [3.63, 3.8) is 0 Å². The van der Waals surface area contributed by atoms with Gasteiger partial charge >= 0.3 is 11.9 Å². The number of carboxylic acids is 1. The summed E-state index contributed by atoms with van der Waals surface area (Å²) in [4.78, 5) is 21.4. The molecule has 0 bridgehead atoms. The molecule has 0 amide bonds. The van der Waals surface area contributed by atoms with E-state index in [1.807, 2.05) is 0 Å². The largest absolute Gasteiger partial charge is 0.478 e. The molecule has 0 saturated carbocycles. The average molecular weight is 308 g/mol. The first-order valence-electron chi connectivity index (χ1n) is 4.30. The van der Waals surface area contributed by atoms with Crippen molar-refractivity contribution in [3.05, 3.63) is 28.8 Å². The lowest BCUT2D eigenvalue weighted by atomic mass is 10.2. The molecule has 1 atom stereocenters. The van der Waals surface area contributed by atoms with Gasteiger partial charge in [-0.3, -0.25) is 4.79 Å². The molecule has 1 aromatic carbocycles. The molecule has 1 rings (SSSR count). The van der Waals surface area contributed by atoms with E-state index < -0.39 is 16.8 Å². The minimum atomic E-state index is -1.13. The van der Waals surface area contributed by atoms with E-state index in [0.717, 1.165) is 0 Å². The summed E-state index contributed by atoms with van der Waals surface area (Å²) in [6.45, 7) is 1.62. The molecule has 0 heterocycles. The van der Waals surface area contributed by atoms with Crippen LogP contribution in [0.3, 0.4) is 0 Å². The second-order valence-corrected chi connectivity index (χ2v) is 4.76. The number of esters is 1. The number of alkyl halides is 1. The third-order valence-corrected chi connectivity index (χ3v) is 2.40. The standard InChI is InChI=1S/C10H8BrClO4/c1-5(11)10(15)16-6-2-3-7(9(13)14)8(12)4-6/h2-5H,1H3,(H,13,14). The van der Waals surface area contributed by atoms with Crippen LogP contribution in [0.1, 0.15) is 17.3 Å². The van der Waals surface area contributed by atoms with Gasteiger partial charge in [-0.25, -0.2) is 4.79 Å². The molecule has 6 heteroatoms. The lowest BCUT2D eigenvalue weighted by molar-refractivity contribution is -0.133. The van der Waals surface area contributed by atoms with Crippen LogP contribution >= 0.6 is 27.5 Å². The number of hydrogen-bond donors (Lipinski definition) is 1. The SMILES string of the molecule is CC(Br)C(=O)Oc1ccc(C(=O)O)c(Cl)c1. The Kier molecular flexibility index (Phi) is 4.32. The number of carbonyl (C=O) groups excluding carboxylic acids is 1. The van der Waals surface area contributed by atoms with Crippen molar-refractivity contribution in [2.24, 2.45) is 0 Å². The summed E-state index contributed by atoms with van der Waals surface area (Å²) in [6, 6.07) is 3.95. The molecule has 1 unspecified atom stereocenters. The summed E-state index contributed by atoms with van der Waals surface area (Å²) in [5, 5.41) is 8.75. The molecule has 4 nitrogen and oxygen atoms in total. The molecular weight excluding hydrogens is 299 g/mol. The van der Waals surface area contributed by atoms with Gasteiger partial charge in [-0.15, -0.1) is 0 Å². The zero-order valence-corrected chi connectivity index (χ0v) is 10.6. The monoisotopic (exact) mass is 306 g/mol. The fourth-order valence-corrected chi connectivity index (χ4v) is 1.27. The molecule has 0 radical (unpaired) electrons. The highest BCUT2D eigenvalue weighted by Gasteiger charge is 2.14.